The Morgan fingerprint density at radius 2 is 1.83 bits per heavy atom. The molecule has 8 nitrogen and oxygen atoms in total. The first-order chi connectivity index (χ1) is 17.4. The van der Waals surface area contributed by atoms with Gasteiger partial charge in [0.1, 0.15) is 10.8 Å². The van der Waals surface area contributed by atoms with E-state index >= 15 is 0 Å². The molecule has 2 aromatic heterocycles. The molecule has 1 amide bonds. The van der Waals surface area contributed by atoms with Gasteiger partial charge in [-0.3, -0.25) is 20.2 Å². The smallest absolute Gasteiger partial charge is 0.293 e. The predicted octanol–water partition coefficient (Wildman–Crippen LogP) is 6.57. The van der Waals surface area contributed by atoms with Crippen LogP contribution in [-0.4, -0.2) is 20.9 Å². The van der Waals surface area contributed by atoms with E-state index in [1.807, 2.05) is 49.4 Å². The van der Waals surface area contributed by atoms with E-state index in [1.54, 1.807) is 29.5 Å². The van der Waals surface area contributed by atoms with Crippen LogP contribution in [0.2, 0.25) is 0 Å². The van der Waals surface area contributed by atoms with Crippen molar-refractivity contribution in [1.82, 2.24) is 10.3 Å². The molecule has 0 saturated carbocycles. The van der Waals surface area contributed by atoms with Crippen molar-refractivity contribution in [3.05, 3.63) is 100 Å². The zero-order valence-corrected chi connectivity index (χ0v) is 20.5. The van der Waals surface area contributed by atoms with Crippen LogP contribution in [0.5, 0.6) is 0 Å². The normalized spacial score (nSPS) is 10.8. The van der Waals surface area contributed by atoms with Crippen molar-refractivity contribution >= 4 is 56.2 Å². The second kappa shape index (κ2) is 9.68. The van der Waals surface area contributed by atoms with Crippen molar-refractivity contribution in [2.75, 3.05) is 5.32 Å². The number of nitro groups is 1. The van der Waals surface area contributed by atoms with Crippen LogP contribution in [0.4, 0.5) is 11.4 Å². The number of furan rings is 1. The summed E-state index contributed by atoms with van der Waals surface area (Å²) in [6.45, 7) is 1.94. The second-order valence-corrected chi connectivity index (χ2v) is 9.30. The first kappa shape index (κ1) is 23.3. The molecule has 36 heavy (non-hydrogen) atoms. The molecule has 3 aromatic carbocycles. The minimum atomic E-state index is -0.568. The van der Waals surface area contributed by atoms with Gasteiger partial charge in [-0.1, -0.05) is 24.3 Å². The number of nitrogens with zero attached hydrogens (tertiary/aromatic N) is 2. The summed E-state index contributed by atoms with van der Waals surface area (Å²) in [5, 5.41) is 17.9. The molecule has 0 bridgehead atoms. The van der Waals surface area contributed by atoms with Crippen molar-refractivity contribution in [3.8, 4) is 21.9 Å². The Kier molecular flexibility index (Phi) is 6.28. The van der Waals surface area contributed by atoms with Gasteiger partial charge in [-0.25, -0.2) is 4.98 Å². The van der Waals surface area contributed by atoms with Gasteiger partial charge in [-0.05, 0) is 73.2 Å². The van der Waals surface area contributed by atoms with Gasteiger partial charge in [0.05, 0.1) is 20.7 Å². The number of aromatic nitrogens is 1. The van der Waals surface area contributed by atoms with E-state index in [9.17, 15) is 14.9 Å². The third kappa shape index (κ3) is 4.72. The van der Waals surface area contributed by atoms with E-state index in [4.69, 9.17) is 21.6 Å². The van der Waals surface area contributed by atoms with Gasteiger partial charge < -0.3 is 9.73 Å². The largest absolute Gasteiger partial charge is 0.451 e. The fourth-order valence-electron chi connectivity index (χ4n) is 3.70. The molecular formula is C26H18N4O4S2. The van der Waals surface area contributed by atoms with Crippen molar-refractivity contribution in [3.63, 3.8) is 0 Å². The average Bonchev–Trinajstić information content (AvgIpc) is 3.53. The highest BCUT2D eigenvalue weighted by molar-refractivity contribution is 7.80. The molecule has 10 heteroatoms. The highest BCUT2D eigenvalue weighted by Crippen LogP contribution is 2.32. The minimum Gasteiger partial charge on any atom is -0.451 e. The maximum atomic E-state index is 12.6. The molecule has 2 heterocycles. The SMILES string of the molecule is Cc1cc(-c2nc3ccccc3s2)ccc1NC(=S)NC(=O)c1ccc(-c2ccccc2[N+](=O)[O-])o1. The number of benzene rings is 3. The third-order valence-corrected chi connectivity index (χ3v) is 6.73. The Morgan fingerprint density at radius 1 is 1.06 bits per heavy atom. The molecule has 0 saturated heterocycles. The van der Waals surface area contributed by atoms with Crippen molar-refractivity contribution in [2.45, 2.75) is 6.92 Å². The molecule has 0 aliphatic carbocycles. The molecule has 0 atom stereocenters. The number of carbonyl (C=O) groups is 1. The van der Waals surface area contributed by atoms with Gasteiger partial charge in [0.15, 0.2) is 10.9 Å². The van der Waals surface area contributed by atoms with Crippen LogP contribution in [0.15, 0.2) is 83.3 Å². The van der Waals surface area contributed by atoms with Crippen LogP contribution in [-0.2, 0) is 0 Å². The van der Waals surface area contributed by atoms with Gasteiger partial charge in [-0.2, -0.15) is 0 Å². The van der Waals surface area contributed by atoms with Crippen LogP contribution in [0.25, 0.3) is 32.1 Å². The van der Waals surface area contributed by atoms with Crippen LogP contribution in [0.1, 0.15) is 16.1 Å². The zero-order chi connectivity index (χ0) is 25.2. The van der Waals surface area contributed by atoms with E-state index in [2.05, 4.69) is 10.6 Å². The fraction of sp³-hybridized carbons (Fsp3) is 0.0385. The first-order valence-corrected chi connectivity index (χ1v) is 12.0. The predicted molar refractivity (Wildman–Crippen MR) is 144 cm³/mol. The Balaban J connectivity index is 1.27. The Labute approximate surface area is 214 Å². The van der Waals surface area contributed by atoms with Crippen LogP contribution >= 0.6 is 23.6 Å². The molecule has 0 unspecified atom stereocenters. The number of rotatable bonds is 5. The molecule has 0 fully saturated rings. The minimum absolute atomic E-state index is 0.0183. The Bertz CT molecular complexity index is 1610. The first-order valence-electron chi connectivity index (χ1n) is 10.8. The van der Waals surface area contributed by atoms with E-state index in [-0.39, 0.29) is 27.9 Å². The lowest BCUT2D eigenvalue weighted by atomic mass is 10.1. The lowest BCUT2D eigenvalue weighted by molar-refractivity contribution is -0.384. The van der Waals surface area contributed by atoms with Crippen molar-refractivity contribution in [1.29, 1.82) is 0 Å². The number of hydrogen-bond donors (Lipinski definition) is 2. The molecule has 0 aliphatic rings. The van der Waals surface area contributed by atoms with E-state index < -0.39 is 10.8 Å². The molecule has 5 rings (SSSR count). The summed E-state index contributed by atoms with van der Waals surface area (Å²) >= 11 is 6.94. The number of para-hydroxylation sites is 2. The number of hydrogen-bond acceptors (Lipinski definition) is 7. The number of anilines is 1. The maximum Gasteiger partial charge on any atom is 0.293 e. The maximum absolute atomic E-state index is 12.6. The second-order valence-electron chi connectivity index (χ2n) is 7.86. The lowest BCUT2D eigenvalue weighted by Gasteiger charge is -2.12. The number of nitrogens with one attached hydrogen (secondary N) is 2. The lowest BCUT2D eigenvalue weighted by Crippen LogP contribution is -2.34. The molecule has 2 N–H and O–H groups in total. The van der Waals surface area contributed by atoms with Gasteiger partial charge >= 0.3 is 0 Å². The van der Waals surface area contributed by atoms with Gasteiger partial charge in [0, 0.05) is 17.3 Å². The highest BCUT2D eigenvalue weighted by Gasteiger charge is 2.20. The molecular weight excluding hydrogens is 496 g/mol. The molecule has 0 spiro atoms. The van der Waals surface area contributed by atoms with Gasteiger partial charge in [-0.15, -0.1) is 11.3 Å². The number of fused-ring (bicyclic) bond motifs is 1. The fourth-order valence-corrected chi connectivity index (χ4v) is 4.86. The van der Waals surface area contributed by atoms with Crippen molar-refractivity contribution in [2.24, 2.45) is 0 Å². The molecule has 5 aromatic rings. The van der Waals surface area contributed by atoms with Crippen LogP contribution in [0, 0.1) is 17.0 Å². The summed E-state index contributed by atoms with van der Waals surface area (Å²) in [6.07, 6.45) is 0. The summed E-state index contributed by atoms with van der Waals surface area (Å²) in [7, 11) is 0. The highest BCUT2D eigenvalue weighted by atomic mass is 32.1. The summed E-state index contributed by atoms with van der Waals surface area (Å²) in [5.41, 5.74) is 3.80. The van der Waals surface area contributed by atoms with Gasteiger partial charge in [0.2, 0.25) is 0 Å². The summed E-state index contributed by atoms with van der Waals surface area (Å²) < 4.78 is 6.70. The van der Waals surface area contributed by atoms with Crippen LogP contribution in [0.3, 0.4) is 0 Å². The van der Waals surface area contributed by atoms with E-state index in [1.165, 1.54) is 18.2 Å². The zero-order valence-electron chi connectivity index (χ0n) is 18.8. The van der Waals surface area contributed by atoms with Crippen molar-refractivity contribution < 1.29 is 14.1 Å². The van der Waals surface area contributed by atoms with E-state index in [0.29, 0.717) is 0 Å². The Hall–Kier alpha value is -4.41. The standard InChI is InChI=1S/C26H18N4O4S2/c1-15-14-16(25-27-19-7-3-5-9-23(19)36-25)10-11-18(15)28-26(35)29-24(31)22-13-12-21(34-22)17-6-2-4-8-20(17)30(32)33/h2-14H,1H3,(H2,28,29,31,35). The molecule has 0 aliphatic heterocycles. The number of thiocarbonyl (C=S) groups is 1. The number of carbonyl (C=O) groups excluding carboxylic acids is 1. The third-order valence-electron chi connectivity index (χ3n) is 5.44. The quantitative estimate of drug-likeness (QED) is 0.155. The Morgan fingerprint density at radius 3 is 2.61 bits per heavy atom. The molecule has 178 valence electrons. The monoisotopic (exact) mass is 514 g/mol. The number of thiazole rings is 1. The summed E-state index contributed by atoms with van der Waals surface area (Å²) in [5.74, 6) is -0.371. The molecule has 0 radical (unpaired) electrons. The summed E-state index contributed by atoms with van der Waals surface area (Å²) in [4.78, 5) is 28.1. The van der Waals surface area contributed by atoms with Crippen LogP contribution < -0.4 is 10.6 Å². The van der Waals surface area contributed by atoms with E-state index in [0.717, 1.165) is 32.0 Å². The number of amides is 1. The summed E-state index contributed by atoms with van der Waals surface area (Å²) in [6, 6.07) is 23.0. The number of nitro benzene ring substituents is 1. The number of aryl methyl sites for hydroxylation is 1. The van der Waals surface area contributed by atoms with Gasteiger partial charge in [0.25, 0.3) is 11.6 Å². The average molecular weight is 515 g/mol. The topological polar surface area (TPSA) is 110 Å².